The molecule has 5 fully saturated rings. The molecule has 0 aromatic carbocycles. The van der Waals surface area contributed by atoms with Crippen molar-refractivity contribution in [3.8, 4) is 0 Å². The van der Waals surface area contributed by atoms with E-state index in [4.69, 9.17) is 42.6 Å². The van der Waals surface area contributed by atoms with Crippen LogP contribution in [0.4, 0.5) is 0 Å². The van der Waals surface area contributed by atoms with Crippen molar-refractivity contribution in [2.45, 2.75) is 154 Å². The third-order valence-corrected chi connectivity index (χ3v) is 10.3. The first kappa shape index (κ1) is 46.0. The Kier molecular flexibility index (Phi) is 16.1. The zero-order valence-corrected chi connectivity index (χ0v) is 29.2. The largest absolute Gasteiger partial charge is 0.394 e. The van der Waals surface area contributed by atoms with E-state index >= 15 is 0 Å². The normalized spacial score (nSPS) is 53.2. The molecule has 0 saturated carbocycles. The Bertz CT molecular complexity index is 1200. The Labute approximate surface area is 316 Å². The van der Waals surface area contributed by atoms with Crippen molar-refractivity contribution in [1.29, 1.82) is 0 Å². The Morgan fingerprint density at radius 3 is 1.18 bits per heavy atom. The van der Waals surface area contributed by atoms with Crippen LogP contribution in [0.3, 0.4) is 0 Å². The van der Waals surface area contributed by atoms with Crippen molar-refractivity contribution in [2.75, 3.05) is 33.0 Å². The summed E-state index contributed by atoms with van der Waals surface area (Å²) < 4.78 is 49.5. The smallest absolute Gasteiger partial charge is 0.187 e. The predicted molar refractivity (Wildman–Crippen MR) is 167 cm³/mol. The third kappa shape index (κ3) is 9.46. The van der Waals surface area contributed by atoms with Crippen molar-refractivity contribution in [2.24, 2.45) is 0 Å². The molecule has 0 aliphatic carbocycles. The van der Waals surface area contributed by atoms with Crippen LogP contribution in [0, 0.1) is 0 Å². The molecule has 0 aromatic heterocycles. The van der Waals surface area contributed by atoms with Crippen LogP contribution in [0.5, 0.6) is 0 Å². The average molecular weight is 829 g/mol. The number of rotatable bonds is 13. The molecule has 25 atom stereocenters. The fourth-order valence-electron chi connectivity index (χ4n) is 6.79. The highest BCUT2D eigenvalue weighted by molar-refractivity contribution is 4.97. The van der Waals surface area contributed by atoms with Gasteiger partial charge < -0.3 is 129 Å². The van der Waals surface area contributed by atoms with E-state index in [1.54, 1.807) is 0 Å². The number of hydrogen-bond acceptors (Lipinski definition) is 26. The van der Waals surface area contributed by atoms with E-state index < -0.39 is 187 Å². The Balaban J connectivity index is 1.36. The van der Waals surface area contributed by atoms with Crippen LogP contribution in [0.2, 0.25) is 0 Å². The van der Waals surface area contributed by atoms with Crippen molar-refractivity contribution in [1.82, 2.24) is 0 Å². The topological polar surface area (TPSA) is 427 Å². The first-order valence-electron chi connectivity index (χ1n) is 17.6. The Morgan fingerprint density at radius 2 is 0.679 bits per heavy atom. The zero-order chi connectivity index (χ0) is 41.3. The quantitative estimate of drug-likeness (QED) is 0.0819. The monoisotopic (exact) mass is 828 g/mol. The van der Waals surface area contributed by atoms with Gasteiger partial charge in [-0.2, -0.15) is 0 Å². The molecule has 26 nitrogen and oxygen atoms in total. The summed E-state index contributed by atoms with van der Waals surface area (Å²) in [6, 6.07) is 0. The fourth-order valence-corrected chi connectivity index (χ4v) is 6.79. The number of aliphatic hydroxyl groups is 17. The molecular formula is C30H52O26. The second-order valence-electron chi connectivity index (χ2n) is 14.0. The highest BCUT2D eigenvalue weighted by atomic mass is 16.8. The summed E-state index contributed by atoms with van der Waals surface area (Å²) in [6.45, 7) is -4.24. The average Bonchev–Trinajstić information content (AvgIpc) is 3.18. The van der Waals surface area contributed by atoms with Crippen LogP contribution in [-0.2, 0) is 42.6 Å². The van der Waals surface area contributed by atoms with Crippen LogP contribution < -0.4 is 0 Å². The molecule has 5 rings (SSSR count). The molecule has 5 aliphatic rings. The van der Waals surface area contributed by atoms with Crippen molar-refractivity contribution >= 4 is 0 Å². The van der Waals surface area contributed by atoms with Crippen molar-refractivity contribution < 1.29 is 129 Å². The van der Waals surface area contributed by atoms with Gasteiger partial charge in [0.25, 0.3) is 0 Å². The van der Waals surface area contributed by atoms with Crippen LogP contribution in [0.25, 0.3) is 0 Å². The highest BCUT2D eigenvalue weighted by Gasteiger charge is 2.54. The summed E-state index contributed by atoms with van der Waals surface area (Å²) in [4.78, 5) is 0. The van der Waals surface area contributed by atoms with E-state index in [9.17, 15) is 86.8 Å². The second kappa shape index (κ2) is 19.6. The Hall–Kier alpha value is -1.04. The van der Waals surface area contributed by atoms with Gasteiger partial charge in [-0.3, -0.25) is 0 Å². The van der Waals surface area contributed by atoms with Crippen LogP contribution in [-0.4, -0.2) is 273 Å². The molecule has 56 heavy (non-hydrogen) atoms. The number of ether oxygens (including phenoxy) is 9. The SMILES string of the molecule is OC[C@H]1O[C@H](O[C@@H]2[C@H](O)[C@@H](OC[C@H]3OC(O)[C@@H](O)[C@@H](O)[C@@H]3O)O[C@H](CO[C@H]3O[C@H](CO)[C@@H](O)[C@H](O)[C@@H]3O[C@H]3O[C@H](CO)[C@@H](O)[C@H](O)[C@@H]3O)[C@H]2O)[C@@H](O)[C@@H](O)[C@@H]1O. The molecular weight excluding hydrogens is 776 g/mol. The lowest BCUT2D eigenvalue weighted by molar-refractivity contribution is -0.381. The maximum Gasteiger partial charge on any atom is 0.187 e. The lowest BCUT2D eigenvalue weighted by Crippen LogP contribution is -2.66. The van der Waals surface area contributed by atoms with Gasteiger partial charge >= 0.3 is 0 Å². The van der Waals surface area contributed by atoms with Gasteiger partial charge in [0, 0.05) is 0 Å². The fraction of sp³-hybridized carbons (Fsp3) is 1.00. The maximum absolute atomic E-state index is 11.4. The lowest BCUT2D eigenvalue weighted by atomic mass is 9.96. The van der Waals surface area contributed by atoms with E-state index in [0.29, 0.717) is 0 Å². The summed E-state index contributed by atoms with van der Waals surface area (Å²) >= 11 is 0. The molecule has 5 saturated heterocycles. The molecule has 26 heteroatoms. The second-order valence-corrected chi connectivity index (χ2v) is 14.0. The van der Waals surface area contributed by atoms with Crippen LogP contribution in [0.15, 0.2) is 0 Å². The van der Waals surface area contributed by atoms with Crippen molar-refractivity contribution in [3.05, 3.63) is 0 Å². The van der Waals surface area contributed by atoms with Gasteiger partial charge in [-0.25, -0.2) is 0 Å². The maximum atomic E-state index is 11.4. The van der Waals surface area contributed by atoms with Gasteiger partial charge in [0.05, 0.1) is 33.0 Å². The molecule has 5 heterocycles. The summed E-state index contributed by atoms with van der Waals surface area (Å²) in [6.07, 6.45) is -46.1. The van der Waals surface area contributed by atoms with Gasteiger partial charge in [0.15, 0.2) is 31.5 Å². The first-order valence-corrected chi connectivity index (χ1v) is 17.6. The molecule has 0 spiro atoms. The Morgan fingerprint density at radius 1 is 0.304 bits per heavy atom. The van der Waals surface area contributed by atoms with Crippen molar-refractivity contribution in [3.63, 3.8) is 0 Å². The molecule has 0 aromatic rings. The molecule has 0 amide bonds. The van der Waals surface area contributed by atoms with Gasteiger partial charge in [-0.15, -0.1) is 0 Å². The summed E-state index contributed by atoms with van der Waals surface area (Å²) in [7, 11) is 0. The van der Waals surface area contributed by atoms with E-state index in [-0.39, 0.29) is 0 Å². The summed E-state index contributed by atoms with van der Waals surface area (Å²) in [5, 5.41) is 175. The van der Waals surface area contributed by atoms with Gasteiger partial charge in [-0.1, -0.05) is 0 Å². The molecule has 0 radical (unpaired) electrons. The van der Waals surface area contributed by atoms with Gasteiger partial charge in [-0.05, 0) is 0 Å². The third-order valence-electron chi connectivity index (χ3n) is 10.3. The van der Waals surface area contributed by atoms with E-state index in [1.807, 2.05) is 0 Å². The zero-order valence-electron chi connectivity index (χ0n) is 29.2. The van der Waals surface area contributed by atoms with Crippen LogP contribution >= 0.6 is 0 Å². The standard InChI is InChI=1S/C30H52O26/c31-1-6-11(34)17(40)21(44)28(51-6)55-24-15(38)10(54-27(23(24)46)48-4-9-14(37)16(39)20(43)26(47)50-9)5-49-30-25(19(42)13(36)8(3-33)53-30)56-29-22(45)18(41)12(35)7(2-32)52-29/h6-47H,1-5H2/t6-,7-,8-,9-,10-,11-,12-,13-,14-,15-,16+,17+,18+,19+,20+,21+,22+,23+,24+,25+,26?,27+,28-,29-,30+/m1/s1. The lowest BCUT2D eigenvalue weighted by Gasteiger charge is -2.47. The minimum atomic E-state index is -2.06. The number of aliphatic hydroxyl groups excluding tert-OH is 17. The molecule has 17 N–H and O–H groups in total. The predicted octanol–water partition coefficient (Wildman–Crippen LogP) is -11.9. The summed E-state index contributed by atoms with van der Waals surface area (Å²) in [5.74, 6) is 0. The first-order chi connectivity index (χ1) is 26.4. The van der Waals surface area contributed by atoms with Gasteiger partial charge in [0.2, 0.25) is 0 Å². The minimum absolute atomic E-state index is 0.775. The van der Waals surface area contributed by atoms with E-state index in [0.717, 1.165) is 0 Å². The van der Waals surface area contributed by atoms with E-state index in [2.05, 4.69) is 0 Å². The molecule has 0 bridgehead atoms. The molecule has 1 unspecified atom stereocenters. The number of hydrogen-bond donors (Lipinski definition) is 17. The van der Waals surface area contributed by atoms with Gasteiger partial charge in [0.1, 0.15) is 122 Å². The van der Waals surface area contributed by atoms with E-state index in [1.165, 1.54) is 0 Å². The minimum Gasteiger partial charge on any atom is -0.394 e. The molecule has 328 valence electrons. The molecule has 5 aliphatic heterocycles. The highest BCUT2D eigenvalue weighted by Crippen LogP contribution is 2.33. The summed E-state index contributed by atoms with van der Waals surface area (Å²) in [5.41, 5.74) is 0. The van der Waals surface area contributed by atoms with Crippen LogP contribution in [0.1, 0.15) is 0 Å².